The van der Waals surface area contributed by atoms with Gasteiger partial charge in [0.05, 0.1) is 99.9 Å². The first-order valence-corrected chi connectivity index (χ1v) is 41.7. The number of rotatable bonds is 8. The zero-order chi connectivity index (χ0) is 73.9. The SMILES string of the molecule is Brc1ccc2c(I)[nH]nc2c1.Brc1ccc2cn[nH]c2c1.C1COCCN1.C=CB1OC(C)(C)C(C)(C)O1.C=Cc1nn(C)c2cc(Br)ccc12.CS(=O)(=O)Cl.Cn1nc(CCO)c2ccc(Br)cc21.Cn1nc(CCOS(C)(=O)=O)c2ccc(Br)cc21.Cn1nc(I)c2ccc(Br)cc21. The number of fused-ring (bicyclic) bond motifs is 6. The monoisotopic (exact) mass is 2030 g/mol. The zero-order valence-electron chi connectivity index (χ0n) is 56.2. The molecule has 12 aromatic rings. The van der Waals surface area contributed by atoms with Gasteiger partial charge >= 0.3 is 7.12 Å². The summed E-state index contributed by atoms with van der Waals surface area (Å²) in [6.07, 6.45) is 6.62. The van der Waals surface area contributed by atoms with E-state index in [1.54, 1.807) is 16.7 Å². The molecule has 0 spiro atoms. The van der Waals surface area contributed by atoms with Crippen molar-refractivity contribution in [1.82, 2.24) is 64.8 Å². The lowest BCUT2D eigenvalue weighted by Crippen LogP contribution is -2.41. The second-order valence-corrected chi connectivity index (χ2v) is 35.2. The van der Waals surface area contributed by atoms with Crippen molar-refractivity contribution in [2.45, 2.75) is 51.7 Å². The highest BCUT2D eigenvalue weighted by molar-refractivity contribution is 14.1. The summed E-state index contributed by atoms with van der Waals surface area (Å²) in [5, 5.41) is 50.0. The minimum atomic E-state index is -3.39. The van der Waals surface area contributed by atoms with Crippen molar-refractivity contribution in [1.29, 1.82) is 0 Å². The van der Waals surface area contributed by atoms with E-state index < -0.39 is 19.2 Å². The van der Waals surface area contributed by atoms with Gasteiger partial charge in [-0.15, -0.1) is 6.58 Å². The molecule has 0 aliphatic carbocycles. The summed E-state index contributed by atoms with van der Waals surface area (Å²) in [6, 6.07) is 36.3. The topological polar surface area (TPSA) is 266 Å². The lowest BCUT2D eigenvalue weighted by molar-refractivity contribution is 0.00578. The van der Waals surface area contributed by atoms with Crippen LogP contribution in [0, 0.1) is 7.40 Å². The highest BCUT2D eigenvalue weighted by atomic mass is 127. The maximum atomic E-state index is 10.9. The molecule has 2 fully saturated rings. The molecule has 2 aliphatic rings. The highest BCUT2D eigenvalue weighted by Gasteiger charge is 2.49. The summed E-state index contributed by atoms with van der Waals surface area (Å²) in [4.78, 5) is 0. The van der Waals surface area contributed by atoms with Crippen LogP contribution in [0.4, 0.5) is 0 Å². The number of hydrogen-bond acceptors (Lipinski definition) is 16. The molecule has 536 valence electrons. The fourth-order valence-electron chi connectivity index (χ4n) is 9.33. The van der Waals surface area contributed by atoms with Crippen LogP contribution in [-0.4, -0.2) is 152 Å². The molecule has 0 bridgehead atoms. The van der Waals surface area contributed by atoms with Gasteiger partial charge in [0, 0.05) is 131 Å². The smallest absolute Gasteiger partial charge is 0.400 e. The van der Waals surface area contributed by atoms with E-state index in [0.717, 1.165) is 145 Å². The number of nitrogens with zero attached hydrogens (tertiary/aromatic N) is 10. The first-order valence-electron chi connectivity index (χ1n) is 30.3. The number of ether oxygens (including phenoxy) is 1. The number of morpholine rings is 1. The van der Waals surface area contributed by atoms with Gasteiger partial charge in [-0.3, -0.25) is 33.1 Å². The minimum absolute atomic E-state index is 0.112. The molecular weight excluding hydrogens is 1960 g/mol. The van der Waals surface area contributed by atoms with Crippen LogP contribution in [0.3, 0.4) is 0 Å². The van der Waals surface area contributed by atoms with Crippen LogP contribution in [0.2, 0.25) is 0 Å². The average Bonchev–Trinajstić information content (AvgIpc) is 1.68. The molecule has 22 nitrogen and oxygen atoms in total. The maximum absolute atomic E-state index is 10.9. The molecule has 100 heavy (non-hydrogen) atoms. The normalized spacial score (nSPS) is 13.7. The maximum Gasteiger partial charge on any atom is 0.486 e. The van der Waals surface area contributed by atoms with E-state index in [9.17, 15) is 16.8 Å². The van der Waals surface area contributed by atoms with Gasteiger partial charge in [-0.1, -0.05) is 114 Å². The van der Waals surface area contributed by atoms with Gasteiger partial charge in [0.15, 0.2) is 0 Å². The van der Waals surface area contributed by atoms with Crippen LogP contribution in [0.25, 0.3) is 71.5 Å². The summed E-state index contributed by atoms with van der Waals surface area (Å²) in [7, 11) is 5.33. The van der Waals surface area contributed by atoms with Crippen LogP contribution in [-0.2, 0) is 78.4 Å². The Hall–Kier alpha value is -4.03. The van der Waals surface area contributed by atoms with E-state index in [4.69, 9.17) is 23.3 Å². The van der Waals surface area contributed by atoms with Gasteiger partial charge in [-0.05, 0) is 182 Å². The predicted octanol–water partition coefficient (Wildman–Crippen LogP) is 16.5. The number of aliphatic hydroxyl groups is 1. The minimum Gasteiger partial charge on any atom is -0.400 e. The molecule has 4 N–H and O–H groups in total. The molecular formula is C66H75BBr6ClI2N13O9S2. The number of H-pyrrole nitrogens is 2. The van der Waals surface area contributed by atoms with E-state index >= 15 is 0 Å². The van der Waals surface area contributed by atoms with Crippen molar-refractivity contribution in [3.05, 3.63) is 186 Å². The van der Waals surface area contributed by atoms with Gasteiger partial charge in [0.1, 0.15) is 7.40 Å². The largest absolute Gasteiger partial charge is 0.486 e. The molecule has 34 heteroatoms. The van der Waals surface area contributed by atoms with Gasteiger partial charge in [0.2, 0.25) is 9.05 Å². The Morgan fingerprint density at radius 1 is 0.620 bits per heavy atom. The van der Waals surface area contributed by atoms with Gasteiger partial charge in [-0.2, -0.15) is 39.0 Å². The van der Waals surface area contributed by atoms with Crippen molar-refractivity contribution in [3.8, 4) is 0 Å². The summed E-state index contributed by atoms with van der Waals surface area (Å²) < 4.78 is 77.3. The van der Waals surface area contributed by atoms with Gasteiger partial charge < -0.3 is 24.5 Å². The first-order chi connectivity index (χ1) is 47.0. The summed E-state index contributed by atoms with van der Waals surface area (Å²) in [6.45, 7) is 19.5. The summed E-state index contributed by atoms with van der Waals surface area (Å²) in [5.41, 5.74) is 8.70. The third-order valence-electron chi connectivity index (χ3n) is 14.8. The van der Waals surface area contributed by atoms with Crippen molar-refractivity contribution in [2.24, 2.45) is 28.2 Å². The van der Waals surface area contributed by atoms with Crippen molar-refractivity contribution >= 4 is 249 Å². The third kappa shape index (κ3) is 26.2. The van der Waals surface area contributed by atoms with Gasteiger partial charge in [0.25, 0.3) is 10.1 Å². The van der Waals surface area contributed by atoms with Crippen molar-refractivity contribution in [3.63, 3.8) is 0 Å². The average molecular weight is 2040 g/mol. The number of benzene rings is 6. The Bertz CT molecular complexity index is 4940. The predicted molar refractivity (Wildman–Crippen MR) is 443 cm³/mol. The number of halogens is 9. The molecule has 0 unspecified atom stereocenters. The molecule has 6 aromatic heterocycles. The van der Waals surface area contributed by atoms with Crippen molar-refractivity contribution in [2.75, 3.05) is 52.0 Å². The van der Waals surface area contributed by atoms with E-state index in [2.05, 4.69) is 229 Å². The fourth-order valence-corrected chi connectivity index (χ4v) is 13.2. The number of hydrogen-bond donors (Lipinski definition) is 4. The van der Waals surface area contributed by atoms with Crippen LogP contribution >= 0.6 is 151 Å². The molecule has 2 aliphatic heterocycles. The zero-order valence-corrected chi connectivity index (χ0v) is 72.4. The fraction of sp³-hybridized carbons (Fsp3) is 0.303. The molecule has 6 aromatic carbocycles. The quantitative estimate of drug-likeness (QED) is 0.0477. The Balaban J connectivity index is 0.000000180. The Kier molecular flexibility index (Phi) is 33.4. The molecule has 14 rings (SSSR count). The second-order valence-electron chi connectivity index (χ2n) is 22.9. The van der Waals surface area contributed by atoms with Crippen LogP contribution in [0.15, 0.2) is 161 Å². The first kappa shape index (κ1) is 84.9. The molecule has 0 amide bonds. The summed E-state index contributed by atoms with van der Waals surface area (Å²) >= 11 is 24.9. The number of aromatic amines is 2. The van der Waals surface area contributed by atoms with Crippen LogP contribution in [0.1, 0.15) is 44.8 Å². The van der Waals surface area contributed by atoms with E-state index in [0.29, 0.717) is 12.8 Å². The van der Waals surface area contributed by atoms with E-state index in [1.807, 2.05) is 167 Å². The van der Waals surface area contributed by atoms with Crippen LogP contribution in [0.5, 0.6) is 0 Å². The molecule has 0 radical (unpaired) electrons. The Labute approximate surface area is 664 Å². The van der Waals surface area contributed by atoms with Gasteiger partial charge in [-0.25, -0.2) is 8.42 Å². The second kappa shape index (κ2) is 39.4. The molecule has 8 heterocycles. The number of aliphatic hydroxyl groups excluding tert-OH is 1. The standard InChI is InChI=1S/C11H13BrN2O3S.C10H11BrN2O.C10H9BrN2.C8H15BO2.C8H6BrIN2.C7H4BrIN2.C7H5BrN2.C4H9NO.CH3ClO2S/c1-14-11-7-8(12)3-4-9(11)10(13-14)5-6-17-18(2,15)16;1-13-10-6-7(11)2-3-8(10)9(12-13)4-5-14;1-3-9-8-5-4-7(11)6-10(8)13(2)12-9;1-6-9-10-7(2,3)8(4,5)11-9;1-12-7-4-5(9)2-3-6(7)8(10)11-12;8-4-1-2-5-6(3-4)10-11-7(5)9;8-6-2-1-5-4-9-10-7(5)3-6;1-3-6-4-2-5-1;1-5(2,3)4/h3-4,7H,5-6H2,1-2H3;2-3,6,14H,4-5H2,1H3;3-6H,1H2,2H3;6H,1H2,2-5H3;2-4H,1H3;1-3H,(H,10,11);1-4H,(H,9,10);5H,1-4H2;1H3. The third-order valence-corrected chi connectivity index (χ3v) is 19.9. The van der Waals surface area contributed by atoms with Crippen LogP contribution < -0.4 is 5.32 Å². The molecule has 0 atom stereocenters. The van der Waals surface area contributed by atoms with Crippen molar-refractivity contribution < 1.29 is 40.2 Å². The number of aromatic nitrogens is 12. The molecule has 0 saturated carbocycles. The Morgan fingerprint density at radius 2 is 1.05 bits per heavy atom. The van der Waals surface area contributed by atoms with E-state index in [1.165, 1.54) is 10.8 Å². The lowest BCUT2D eigenvalue weighted by Gasteiger charge is -2.32. The highest BCUT2D eigenvalue weighted by Crippen LogP contribution is 2.37. The molecule has 2 saturated heterocycles. The van der Waals surface area contributed by atoms with E-state index in [-0.39, 0.29) is 31.5 Å². The summed E-state index contributed by atoms with van der Waals surface area (Å²) in [5.74, 6) is 1.68. The number of nitrogens with one attached hydrogen (secondary N) is 3. The Morgan fingerprint density at radius 3 is 1.51 bits per heavy atom. The lowest BCUT2D eigenvalue weighted by atomic mass is 9.90. The number of aryl methyl sites for hydroxylation is 4.